The second-order valence-corrected chi connectivity index (χ2v) is 11.0. The smallest absolute Gasteiger partial charge is 0.297 e. The lowest BCUT2D eigenvalue weighted by molar-refractivity contribution is -0.0429. The van der Waals surface area contributed by atoms with Crippen molar-refractivity contribution in [2.45, 2.75) is 63.5 Å². The van der Waals surface area contributed by atoms with Gasteiger partial charge in [0.15, 0.2) is 0 Å². The summed E-state index contributed by atoms with van der Waals surface area (Å²) in [5.41, 5.74) is -5.84. The van der Waals surface area contributed by atoms with E-state index < -0.39 is 25.6 Å². The van der Waals surface area contributed by atoms with E-state index in [4.69, 9.17) is 0 Å². The highest BCUT2D eigenvalue weighted by Gasteiger charge is 2.46. The Morgan fingerprint density at radius 2 is 1.40 bits per heavy atom. The summed E-state index contributed by atoms with van der Waals surface area (Å²) >= 11 is 0. The zero-order valence-electron chi connectivity index (χ0n) is 17.8. The Morgan fingerprint density at radius 1 is 0.900 bits per heavy atom. The van der Waals surface area contributed by atoms with Gasteiger partial charge < -0.3 is 0 Å². The van der Waals surface area contributed by atoms with Gasteiger partial charge in [-0.2, -0.15) is 25.9 Å². The van der Waals surface area contributed by atoms with E-state index in [9.17, 15) is 30.0 Å². The average molecular weight is 474 g/mol. The molecule has 1 N–H and O–H groups in total. The molecule has 0 aliphatic heterocycles. The summed E-state index contributed by atoms with van der Waals surface area (Å²) in [7, 11) is -9.47. The van der Waals surface area contributed by atoms with Crippen LogP contribution in [0.4, 0.5) is 18.9 Å². The highest BCUT2D eigenvalue weighted by molar-refractivity contribution is 7.93. The van der Waals surface area contributed by atoms with Gasteiger partial charge in [0.2, 0.25) is 10.0 Å². The van der Waals surface area contributed by atoms with E-state index in [1.165, 1.54) is 9.03 Å². The molecule has 0 saturated heterocycles. The predicted octanol–water partition coefficient (Wildman–Crippen LogP) is 3.47. The fraction of sp³-hybridized carbons (Fsp3) is 0.667. The van der Waals surface area contributed by atoms with Crippen molar-refractivity contribution in [2.24, 2.45) is 0 Å². The third-order valence-electron chi connectivity index (χ3n) is 4.46. The van der Waals surface area contributed by atoms with Crippen molar-refractivity contribution in [1.82, 2.24) is 9.21 Å². The second kappa shape index (κ2) is 10.3. The fourth-order valence-corrected chi connectivity index (χ4v) is 5.08. The van der Waals surface area contributed by atoms with Crippen LogP contribution in [-0.2, 0) is 20.0 Å². The lowest BCUT2D eigenvalue weighted by atomic mass is 10.2. The average Bonchev–Trinajstić information content (AvgIpc) is 2.59. The molecule has 0 unspecified atom stereocenters. The van der Waals surface area contributed by atoms with Gasteiger partial charge in [-0.15, -0.1) is 0 Å². The van der Waals surface area contributed by atoms with Crippen LogP contribution in [0.25, 0.3) is 0 Å². The zero-order valence-corrected chi connectivity index (χ0v) is 19.4. The van der Waals surface area contributed by atoms with Gasteiger partial charge >= 0.3 is 15.5 Å². The van der Waals surface area contributed by atoms with Crippen LogP contribution < -0.4 is 4.72 Å². The number of sulfonamides is 2. The molecule has 1 aromatic carbocycles. The quantitative estimate of drug-likeness (QED) is 0.532. The Balaban J connectivity index is 3.06. The number of nitrogens with one attached hydrogen (secondary N) is 1. The van der Waals surface area contributed by atoms with E-state index in [1.807, 2.05) is 34.6 Å². The maximum Gasteiger partial charge on any atom is 0.516 e. The minimum Gasteiger partial charge on any atom is -0.297 e. The van der Waals surface area contributed by atoms with Crippen LogP contribution >= 0.6 is 0 Å². The summed E-state index contributed by atoms with van der Waals surface area (Å²) in [4.78, 5) is 2.04. The van der Waals surface area contributed by atoms with Crippen molar-refractivity contribution in [2.75, 3.05) is 24.4 Å². The van der Waals surface area contributed by atoms with Crippen molar-refractivity contribution in [3.63, 3.8) is 0 Å². The van der Waals surface area contributed by atoms with Crippen molar-refractivity contribution in [3.8, 4) is 0 Å². The molecular formula is C18H30F3N3O4S2. The largest absolute Gasteiger partial charge is 0.516 e. The van der Waals surface area contributed by atoms with E-state index >= 15 is 0 Å². The first-order valence-electron chi connectivity index (χ1n) is 9.58. The Bertz CT molecular complexity index is 876. The SMILES string of the molecule is CCCN(CCN(C(C)C)C(C)C)S(=O)(=O)c1ccc(NS(=O)(=O)C(F)(F)F)cc1. The third-order valence-corrected chi connectivity index (χ3v) is 7.48. The summed E-state index contributed by atoms with van der Waals surface area (Å²) in [6, 6.07) is 4.64. The van der Waals surface area contributed by atoms with Gasteiger partial charge in [-0.25, -0.2) is 8.42 Å². The first-order valence-corrected chi connectivity index (χ1v) is 12.5. The number of hydrogen-bond acceptors (Lipinski definition) is 5. The van der Waals surface area contributed by atoms with Crippen LogP contribution in [0.3, 0.4) is 0 Å². The maximum atomic E-state index is 13.0. The molecule has 0 bridgehead atoms. The number of rotatable bonds is 11. The van der Waals surface area contributed by atoms with Crippen LogP contribution in [0, 0.1) is 0 Å². The molecule has 0 saturated carbocycles. The summed E-state index contributed by atoms with van der Waals surface area (Å²) < 4.78 is 88.6. The Kier molecular flexibility index (Phi) is 9.15. The highest BCUT2D eigenvalue weighted by Crippen LogP contribution is 2.26. The number of halogens is 3. The molecule has 1 aromatic rings. The summed E-state index contributed by atoms with van der Waals surface area (Å²) in [5.74, 6) is 0. The van der Waals surface area contributed by atoms with Gasteiger partial charge in [0.25, 0.3) is 0 Å². The molecule has 0 aromatic heterocycles. The topological polar surface area (TPSA) is 86.8 Å². The normalized spacial score (nSPS) is 13.6. The van der Waals surface area contributed by atoms with Gasteiger partial charge in [0.1, 0.15) is 0 Å². The molecule has 0 heterocycles. The Labute approximate surface area is 177 Å². The molecule has 0 radical (unpaired) electrons. The van der Waals surface area contributed by atoms with E-state index in [-0.39, 0.29) is 35.8 Å². The standard InChI is InChI=1S/C18H30F3N3O4S2/c1-6-11-23(12-13-24(14(2)3)15(4)5)29(25,26)17-9-7-16(8-10-17)22-30(27,28)18(19,20)21/h7-10,14-15,22H,6,11-13H2,1-5H3. The number of hydrogen-bond donors (Lipinski definition) is 1. The fourth-order valence-electron chi connectivity index (χ4n) is 3.00. The molecule has 0 aliphatic rings. The van der Waals surface area contributed by atoms with Crippen LogP contribution in [0.15, 0.2) is 29.2 Å². The second-order valence-electron chi connectivity index (χ2n) is 7.41. The van der Waals surface area contributed by atoms with Crippen molar-refractivity contribution in [3.05, 3.63) is 24.3 Å². The zero-order chi connectivity index (χ0) is 23.3. The van der Waals surface area contributed by atoms with Gasteiger partial charge in [-0.05, 0) is 58.4 Å². The number of alkyl halides is 3. The molecular weight excluding hydrogens is 443 g/mol. The van der Waals surface area contributed by atoms with Crippen molar-refractivity contribution < 1.29 is 30.0 Å². The molecule has 174 valence electrons. The minimum absolute atomic E-state index is 0.119. The van der Waals surface area contributed by atoms with Crippen molar-refractivity contribution in [1.29, 1.82) is 0 Å². The van der Waals surface area contributed by atoms with Gasteiger partial charge in [-0.1, -0.05) is 6.92 Å². The molecule has 7 nitrogen and oxygen atoms in total. The molecule has 12 heteroatoms. The van der Waals surface area contributed by atoms with Crippen LogP contribution in [-0.4, -0.2) is 63.3 Å². The van der Waals surface area contributed by atoms with Crippen LogP contribution in [0.2, 0.25) is 0 Å². The maximum absolute atomic E-state index is 13.0. The summed E-state index contributed by atoms with van der Waals surface area (Å²) in [6.07, 6.45) is 0.589. The van der Waals surface area contributed by atoms with Gasteiger partial charge in [0, 0.05) is 37.4 Å². The van der Waals surface area contributed by atoms with Crippen LogP contribution in [0.5, 0.6) is 0 Å². The van der Waals surface area contributed by atoms with E-state index in [0.717, 1.165) is 24.3 Å². The molecule has 0 fully saturated rings. The first kappa shape index (κ1) is 26.7. The number of anilines is 1. The van der Waals surface area contributed by atoms with Gasteiger partial charge in [0.05, 0.1) is 4.90 Å². The van der Waals surface area contributed by atoms with Gasteiger partial charge in [-0.3, -0.25) is 9.62 Å². The van der Waals surface area contributed by atoms with E-state index in [2.05, 4.69) is 4.90 Å². The van der Waals surface area contributed by atoms with Crippen molar-refractivity contribution >= 4 is 25.7 Å². The van der Waals surface area contributed by atoms with Crippen LogP contribution in [0.1, 0.15) is 41.0 Å². The Morgan fingerprint density at radius 3 is 1.80 bits per heavy atom. The van der Waals surface area contributed by atoms with E-state index in [0.29, 0.717) is 13.0 Å². The van der Waals surface area contributed by atoms with E-state index in [1.54, 1.807) is 0 Å². The molecule has 0 aliphatic carbocycles. The number of nitrogens with zero attached hydrogens (tertiary/aromatic N) is 2. The molecule has 30 heavy (non-hydrogen) atoms. The molecule has 0 atom stereocenters. The molecule has 0 amide bonds. The first-order chi connectivity index (χ1) is 13.6. The molecule has 1 rings (SSSR count). The third kappa shape index (κ3) is 6.82. The summed E-state index contributed by atoms with van der Waals surface area (Å²) in [6.45, 7) is 11.0. The Hall–Kier alpha value is -1.37. The number of benzene rings is 1. The lowest BCUT2D eigenvalue weighted by Crippen LogP contribution is -2.44. The highest BCUT2D eigenvalue weighted by atomic mass is 32.2. The summed E-state index contributed by atoms with van der Waals surface area (Å²) in [5, 5.41) is 0. The monoisotopic (exact) mass is 473 g/mol. The molecule has 0 spiro atoms. The predicted molar refractivity (Wildman–Crippen MR) is 111 cm³/mol. The minimum atomic E-state index is -5.57. The lowest BCUT2D eigenvalue weighted by Gasteiger charge is -2.32.